The molecule has 658 valence electrons. The van der Waals surface area contributed by atoms with Crippen LogP contribution in [0.2, 0.25) is 0 Å². The van der Waals surface area contributed by atoms with Gasteiger partial charge in [0.2, 0.25) is 0 Å². The zero-order chi connectivity index (χ0) is 82.5. The number of unbranched alkanes of at least 4 members (excludes halogenated alkanes) is 38. The molecule has 0 aromatic heterocycles. The Morgan fingerprint density at radius 3 is 1.07 bits per heavy atom. The Morgan fingerprint density at radius 2 is 0.664 bits per heavy atom. The van der Waals surface area contributed by atoms with Crippen molar-refractivity contribution >= 4 is 31.7 Å². The van der Waals surface area contributed by atoms with Gasteiger partial charge >= 0.3 is 31.7 Å². The molecule has 26 heteroatoms. The number of hydrogen-bond acceptors (Lipinski definition) is 24. The molecule has 10 N–H and O–H groups in total. The molecular formula is C87H155O25P. The molecule has 3 fully saturated rings. The van der Waals surface area contributed by atoms with Gasteiger partial charge in [0.1, 0.15) is 92.6 Å². The van der Waals surface area contributed by atoms with Crippen LogP contribution in [-0.2, 0) is 70.7 Å². The summed E-state index contributed by atoms with van der Waals surface area (Å²) in [7, 11) is -5.81. The van der Waals surface area contributed by atoms with Gasteiger partial charge in [-0.2, -0.15) is 0 Å². The van der Waals surface area contributed by atoms with E-state index in [0.717, 1.165) is 128 Å². The molecule has 1 saturated carbocycles. The zero-order valence-electron chi connectivity index (χ0n) is 69.7. The van der Waals surface area contributed by atoms with Crippen molar-refractivity contribution < 1.29 is 122 Å². The van der Waals surface area contributed by atoms with Crippen molar-refractivity contribution in [2.24, 2.45) is 0 Å². The van der Waals surface area contributed by atoms with Crippen LogP contribution in [0.25, 0.3) is 0 Å². The lowest BCUT2D eigenvalue weighted by atomic mass is 9.84. The van der Waals surface area contributed by atoms with Crippen LogP contribution in [-0.4, -0.2) is 205 Å². The van der Waals surface area contributed by atoms with Crippen molar-refractivity contribution in [2.45, 2.75) is 453 Å². The molecule has 18 unspecified atom stereocenters. The second-order valence-corrected chi connectivity index (χ2v) is 32.8. The third kappa shape index (κ3) is 47.1. The van der Waals surface area contributed by atoms with Crippen LogP contribution in [0.1, 0.15) is 349 Å². The summed E-state index contributed by atoms with van der Waals surface area (Å²) < 4.78 is 73.1. The first-order valence-electron chi connectivity index (χ1n) is 44.4. The minimum Gasteiger partial charge on any atom is -0.463 e. The van der Waals surface area contributed by atoms with Gasteiger partial charge in [-0.3, -0.25) is 28.2 Å². The SMILES string of the molecule is CCCCCC/C=C\CCCCCCCCCC(=O)OCC(COP(=O)(O)OC1C(OC2OC(CO)C(O)C(O)C2O)C(O)C(O)C(OC(=O)CCCCC/C=C\CCCCCCCC)C1OC1OC(COC(=O)CCCCC/C=C\CCCCCCCC)C(O)C(O)C1O)OC(=O)CCCCC/C=C\CCCCCCCC. The maximum atomic E-state index is 14.9. The summed E-state index contributed by atoms with van der Waals surface area (Å²) in [6.07, 6.45) is 27.2. The molecule has 0 bridgehead atoms. The lowest BCUT2D eigenvalue weighted by Crippen LogP contribution is -2.70. The summed E-state index contributed by atoms with van der Waals surface area (Å²) in [5, 5.41) is 102. The minimum absolute atomic E-state index is 0.0103. The largest absolute Gasteiger partial charge is 0.472 e. The molecular weight excluding hydrogens is 1480 g/mol. The minimum atomic E-state index is -5.81. The normalized spacial score (nSPS) is 25.7. The highest BCUT2D eigenvalue weighted by molar-refractivity contribution is 7.47. The molecule has 3 aliphatic rings. The van der Waals surface area contributed by atoms with E-state index in [9.17, 15) is 74.6 Å². The van der Waals surface area contributed by atoms with E-state index >= 15 is 0 Å². The van der Waals surface area contributed by atoms with E-state index in [1.54, 1.807) is 0 Å². The lowest BCUT2D eigenvalue weighted by molar-refractivity contribution is -0.360. The number of carbonyl (C=O) groups is 4. The summed E-state index contributed by atoms with van der Waals surface area (Å²) in [5.41, 5.74) is 0. The van der Waals surface area contributed by atoms with Crippen LogP contribution in [0.4, 0.5) is 0 Å². The van der Waals surface area contributed by atoms with E-state index in [-0.39, 0.29) is 32.1 Å². The molecule has 25 nitrogen and oxygen atoms in total. The van der Waals surface area contributed by atoms with Gasteiger partial charge < -0.3 is 88.7 Å². The van der Waals surface area contributed by atoms with Gasteiger partial charge in [0, 0.05) is 25.7 Å². The van der Waals surface area contributed by atoms with E-state index in [1.807, 2.05) is 0 Å². The molecule has 2 saturated heterocycles. The highest BCUT2D eigenvalue weighted by atomic mass is 31.2. The Labute approximate surface area is 678 Å². The van der Waals surface area contributed by atoms with Crippen molar-refractivity contribution in [3.63, 3.8) is 0 Å². The summed E-state index contributed by atoms with van der Waals surface area (Å²) in [5.74, 6) is -3.04. The Morgan fingerprint density at radius 1 is 0.345 bits per heavy atom. The fourth-order valence-electron chi connectivity index (χ4n) is 14.1. The van der Waals surface area contributed by atoms with Gasteiger partial charge in [-0.15, -0.1) is 0 Å². The highest BCUT2D eigenvalue weighted by Gasteiger charge is 2.60. The van der Waals surface area contributed by atoms with Crippen LogP contribution >= 0.6 is 7.82 Å². The molecule has 0 amide bonds. The molecule has 0 aromatic rings. The van der Waals surface area contributed by atoms with Crippen molar-refractivity contribution in [2.75, 3.05) is 26.4 Å². The van der Waals surface area contributed by atoms with E-state index in [4.69, 9.17) is 46.9 Å². The number of carbonyl (C=O) groups excluding carboxylic acids is 4. The number of phosphoric acid groups is 1. The third-order valence-corrected chi connectivity index (χ3v) is 22.2. The first-order chi connectivity index (χ1) is 54.7. The maximum absolute atomic E-state index is 14.9. The summed E-state index contributed by atoms with van der Waals surface area (Å²) in [6, 6.07) is 0. The predicted octanol–water partition coefficient (Wildman–Crippen LogP) is 15.3. The summed E-state index contributed by atoms with van der Waals surface area (Å²) in [6.45, 7) is 5.47. The molecule has 18 atom stereocenters. The highest BCUT2D eigenvalue weighted by Crippen LogP contribution is 2.49. The Kier molecular flexibility index (Phi) is 60.8. The van der Waals surface area contributed by atoms with Gasteiger partial charge in [-0.1, -0.05) is 243 Å². The van der Waals surface area contributed by atoms with Gasteiger partial charge in [0.15, 0.2) is 24.8 Å². The van der Waals surface area contributed by atoms with Crippen molar-refractivity contribution in [3.05, 3.63) is 48.6 Å². The van der Waals surface area contributed by atoms with E-state index in [1.165, 1.54) is 116 Å². The van der Waals surface area contributed by atoms with Crippen LogP contribution in [0, 0.1) is 0 Å². The summed E-state index contributed by atoms with van der Waals surface area (Å²) >= 11 is 0. The number of esters is 4. The second kappa shape index (κ2) is 66.3. The molecule has 2 aliphatic heterocycles. The maximum Gasteiger partial charge on any atom is 0.472 e. The van der Waals surface area contributed by atoms with Crippen molar-refractivity contribution in [1.82, 2.24) is 0 Å². The number of ether oxygens (including phenoxy) is 8. The Balaban J connectivity index is 1.95. The second-order valence-electron chi connectivity index (χ2n) is 31.4. The molecule has 0 aromatic carbocycles. The van der Waals surface area contributed by atoms with Gasteiger partial charge in [0.05, 0.1) is 13.2 Å². The van der Waals surface area contributed by atoms with E-state index < -0.39 is 162 Å². The Bertz CT molecular complexity index is 2560. The topological polar surface area (TPSA) is 380 Å². The first-order valence-corrected chi connectivity index (χ1v) is 45.9. The van der Waals surface area contributed by atoms with Crippen LogP contribution in [0.3, 0.4) is 0 Å². The quantitative estimate of drug-likeness (QED) is 0.00889. The fraction of sp³-hybridized carbons (Fsp3) is 0.862. The fourth-order valence-corrected chi connectivity index (χ4v) is 15.1. The average Bonchev–Trinajstić information content (AvgIpc) is 0.754. The third-order valence-electron chi connectivity index (χ3n) is 21.2. The number of allylic oxidation sites excluding steroid dienone is 8. The van der Waals surface area contributed by atoms with Gasteiger partial charge in [-0.25, -0.2) is 4.57 Å². The van der Waals surface area contributed by atoms with Crippen molar-refractivity contribution in [1.29, 1.82) is 0 Å². The van der Waals surface area contributed by atoms with E-state index in [2.05, 4.69) is 76.3 Å². The molecule has 0 radical (unpaired) electrons. The monoisotopic (exact) mass is 1630 g/mol. The number of hydrogen-bond donors (Lipinski definition) is 10. The Hall–Kier alpha value is -3.57. The zero-order valence-corrected chi connectivity index (χ0v) is 70.6. The van der Waals surface area contributed by atoms with E-state index in [0.29, 0.717) is 44.9 Å². The smallest absolute Gasteiger partial charge is 0.463 e. The average molecular weight is 1630 g/mol. The standard InChI is InChI=1S/C87H155O25P/c1-5-9-13-17-21-25-29-33-34-38-40-43-47-51-55-59-70(89)103-64-67(106-72(91)61-57-53-49-45-41-36-31-27-23-19-15-11-7-3)65-105-113(101,102)112-85-83(110-86-80(99)76(95)74(93)68(63-88)107-86)79(98)78(97)82(109-73(92)62-58-54-50-46-42-37-32-28-24-20-16-12-8-4)84(85)111-87-81(100)77(96)75(94)69(108-87)66-104-71(90)60-56-52-48-44-39-35-30-26-22-18-14-10-6-2/h25,29,35-37,39,41-42,67-69,74-88,93-100H,5-24,26-28,30-34,38,40,43-66H2,1-4H3,(H,101,102)/b29-25-,39-35-,41-36-,42-37-. The number of aliphatic hydroxyl groups excluding tert-OH is 9. The first kappa shape index (κ1) is 104. The van der Waals surface area contributed by atoms with Crippen LogP contribution in [0.15, 0.2) is 48.6 Å². The predicted molar refractivity (Wildman–Crippen MR) is 435 cm³/mol. The molecule has 3 rings (SSSR count). The lowest BCUT2D eigenvalue weighted by Gasteiger charge is -2.50. The number of aliphatic hydroxyl groups is 9. The van der Waals surface area contributed by atoms with Gasteiger partial charge in [0.25, 0.3) is 0 Å². The number of rotatable bonds is 70. The molecule has 113 heavy (non-hydrogen) atoms. The van der Waals surface area contributed by atoms with Crippen LogP contribution < -0.4 is 0 Å². The summed E-state index contributed by atoms with van der Waals surface area (Å²) in [4.78, 5) is 66.2. The number of phosphoric ester groups is 1. The van der Waals surface area contributed by atoms with Crippen molar-refractivity contribution in [3.8, 4) is 0 Å². The molecule has 1 aliphatic carbocycles. The molecule has 2 heterocycles. The molecule has 0 spiro atoms. The van der Waals surface area contributed by atoms with Crippen LogP contribution in [0.5, 0.6) is 0 Å². The van der Waals surface area contributed by atoms with Gasteiger partial charge in [-0.05, 0) is 128 Å².